The van der Waals surface area contributed by atoms with E-state index in [4.69, 9.17) is 9.47 Å². The Bertz CT molecular complexity index is 769. The standard InChI is InChI=1S/C18H17BrF3NO3S/c1-25-8-9-26-16-7-2-12(18(20,21)22)10-15(16)23-17(24)11-27-14-5-3-13(19)4-6-14/h2-7,10H,8-9,11H2,1H3,(H,23,24). The summed E-state index contributed by atoms with van der Waals surface area (Å²) in [5.41, 5.74) is -0.889. The molecule has 2 aromatic rings. The number of ether oxygens (including phenoxy) is 2. The first-order valence-corrected chi connectivity index (χ1v) is 9.58. The van der Waals surface area contributed by atoms with Gasteiger partial charge in [-0.25, -0.2) is 0 Å². The molecule has 0 fully saturated rings. The number of benzene rings is 2. The van der Waals surface area contributed by atoms with Crippen LogP contribution in [0.1, 0.15) is 5.56 Å². The molecule has 0 bridgehead atoms. The summed E-state index contributed by atoms with van der Waals surface area (Å²) in [6.45, 7) is 0.423. The summed E-state index contributed by atoms with van der Waals surface area (Å²) < 4.78 is 50.1. The van der Waals surface area contributed by atoms with Gasteiger partial charge in [0, 0.05) is 16.5 Å². The lowest BCUT2D eigenvalue weighted by Gasteiger charge is -2.15. The highest BCUT2D eigenvalue weighted by Gasteiger charge is 2.31. The van der Waals surface area contributed by atoms with Gasteiger partial charge in [0.1, 0.15) is 12.4 Å². The van der Waals surface area contributed by atoms with Gasteiger partial charge in [-0.05, 0) is 42.5 Å². The van der Waals surface area contributed by atoms with Crippen LogP contribution in [-0.4, -0.2) is 32.0 Å². The van der Waals surface area contributed by atoms with E-state index in [0.717, 1.165) is 21.5 Å². The third-order valence-corrected chi connectivity index (χ3v) is 4.85. The third-order valence-electron chi connectivity index (χ3n) is 3.31. The maximum atomic E-state index is 13.0. The summed E-state index contributed by atoms with van der Waals surface area (Å²) in [5, 5.41) is 2.50. The summed E-state index contributed by atoms with van der Waals surface area (Å²) in [6.07, 6.45) is -4.52. The molecule has 2 aromatic carbocycles. The highest BCUT2D eigenvalue weighted by Crippen LogP contribution is 2.35. The summed E-state index contributed by atoms with van der Waals surface area (Å²) in [4.78, 5) is 13.1. The van der Waals surface area contributed by atoms with Gasteiger partial charge in [0.25, 0.3) is 0 Å². The van der Waals surface area contributed by atoms with E-state index in [1.54, 1.807) is 0 Å². The Morgan fingerprint density at radius 1 is 1.15 bits per heavy atom. The molecule has 1 amide bonds. The molecular formula is C18H17BrF3NO3S. The first-order chi connectivity index (χ1) is 12.8. The van der Waals surface area contributed by atoms with E-state index in [0.29, 0.717) is 0 Å². The summed E-state index contributed by atoms with van der Waals surface area (Å²) in [7, 11) is 1.48. The number of alkyl halides is 3. The lowest BCUT2D eigenvalue weighted by molar-refractivity contribution is -0.137. The predicted octanol–water partition coefficient (Wildman–Crippen LogP) is 5.22. The number of methoxy groups -OCH3 is 1. The molecule has 0 aliphatic carbocycles. The molecule has 0 saturated carbocycles. The molecule has 27 heavy (non-hydrogen) atoms. The molecule has 0 aliphatic rings. The smallest absolute Gasteiger partial charge is 0.416 e. The van der Waals surface area contributed by atoms with Crippen LogP contribution in [0.5, 0.6) is 5.75 Å². The number of hydrogen-bond donors (Lipinski definition) is 1. The molecule has 0 atom stereocenters. The zero-order chi connectivity index (χ0) is 19.9. The molecule has 0 unspecified atom stereocenters. The van der Waals surface area contributed by atoms with Crippen molar-refractivity contribution in [3.05, 3.63) is 52.5 Å². The number of thioether (sulfide) groups is 1. The average molecular weight is 464 g/mol. The largest absolute Gasteiger partial charge is 0.489 e. The van der Waals surface area contributed by atoms with Crippen LogP contribution < -0.4 is 10.1 Å². The average Bonchev–Trinajstić information content (AvgIpc) is 2.62. The number of nitrogens with one attached hydrogen (secondary N) is 1. The predicted molar refractivity (Wildman–Crippen MR) is 102 cm³/mol. The fourth-order valence-electron chi connectivity index (χ4n) is 2.03. The maximum absolute atomic E-state index is 13.0. The summed E-state index contributed by atoms with van der Waals surface area (Å²) in [5.74, 6) is -0.226. The second-order valence-corrected chi connectivity index (χ2v) is 7.31. The van der Waals surface area contributed by atoms with Crippen LogP contribution in [0.3, 0.4) is 0 Å². The molecule has 0 saturated heterocycles. The van der Waals surface area contributed by atoms with Crippen molar-refractivity contribution < 1.29 is 27.4 Å². The third kappa shape index (κ3) is 7.08. The van der Waals surface area contributed by atoms with Gasteiger partial charge in [-0.15, -0.1) is 11.8 Å². The quantitative estimate of drug-likeness (QED) is 0.430. The number of rotatable bonds is 8. The highest BCUT2D eigenvalue weighted by molar-refractivity contribution is 9.10. The number of amides is 1. The minimum atomic E-state index is -4.52. The fourth-order valence-corrected chi connectivity index (χ4v) is 2.99. The van der Waals surface area contributed by atoms with Gasteiger partial charge >= 0.3 is 6.18 Å². The minimum Gasteiger partial charge on any atom is -0.489 e. The zero-order valence-electron chi connectivity index (χ0n) is 14.3. The van der Waals surface area contributed by atoms with Crippen molar-refractivity contribution in [2.75, 3.05) is 31.4 Å². The Hall–Kier alpha value is -1.71. The Morgan fingerprint density at radius 2 is 1.85 bits per heavy atom. The molecule has 0 aromatic heterocycles. The maximum Gasteiger partial charge on any atom is 0.416 e. The molecule has 9 heteroatoms. The first-order valence-electron chi connectivity index (χ1n) is 7.81. The molecule has 0 radical (unpaired) electrons. The molecule has 146 valence electrons. The van der Waals surface area contributed by atoms with Crippen molar-refractivity contribution >= 4 is 39.3 Å². The summed E-state index contributed by atoms with van der Waals surface area (Å²) >= 11 is 4.60. The Balaban J connectivity index is 2.08. The summed E-state index contributed by atoms with van der Waals surface area (Å²) in [6, 6.07) is 10.3. The highest BCUT2D eigenvalue weighted by atomic mass is 79.9. The van der Waals surface area contributed by atoms with Crippen molar-refractivity contribution in [3.8, 4) is 5.75 Å². The SMILES string of the molecule is COCCOc1ccc(C(F)(F)F)cc1NC(=O)CSc1ccc(Br)cc1. The van der Waals surface area contributed by atoms with Crippen LogP contribution in [0.4, 0.5) is 18.9 Å². The Kier molecular flexibility index (Phi) is 8.00. The zero-order valence-corrected chi connectivity index (χ0v) is 16.7. The molecule has 0 aliphatic heterocycles. The van der Waals surface area contributed by atoms with Gasteiger partial charge in [0.15, 0.2) is 0 Å². The molecule has 0 heterocycles. The number of carbonyl (C=O) groups is 1. The van der Waals surface area contributed by atoms with Crippen LogP contribution in [0.25, 0.3) is 0 Å². The molecule has 1 N–H and O–H groups in total. The van der Waals surface area contributed by atoms with Crippen molar-refractivity contribution in [1.29, 1.82) is 0 Å². The molecule has 2 rings (SSSR count). The van der Waals surface area contributed by atoms with Crippen LogP contribution >= 0.6 is 27.7 Å². The minimum absolute atomic E-state index is 0.0256. The Morgan fingerprint density at radius 3 is 2.48 bits per heavy atom. The lowest BCUT2D eigenvalue weighted by atomic mass is 10.1. The van der Waals surface area contributed by atoms with Crippen LogP contribution in [0.2, 0.25) is 0 Å². The number of hydrogen-bond acceptors (Lipinski definition) is 4. The van der Waals surface area contributed by atoms with Crippen molar-refractivity contribution in [2.45, 2.75) is 11.1 Å². The van der Waals surface area contributed by atoms with Crippen molar-refractivity contribution in [3.63, 3.8) is 0 Å². The topological polar surface area (TPSA) is 47.6 Å². The number of halogens is 4. The van der Waals surface area contributed by atoms with E-state index >= 15 is 0 Å². The van der Waals surface area contributed by atoms with Gasteiger partial charge in [-0.1, -0.05) is 15.9 Å². The normalized spacial score (nSPS) is 11.3. The van der Waals surface area contributed by atoms with Crippen LogP contribution in [-0.2, 0) is 15.7 Å². The number of anilines is 1. The van der Waals surface area contributed by atoms with Crippen LogP contribution in [0, 0.1) is 0 Å². The number of carbonyl (C=O) groups excluding carboxylic acids is 1. The molecule has 0 spiro atoms. The van der Waals surface area contributed by atoms with Gasteiger partial charge in [-0.3, -0.25) is 4.79 Å². The Labute approximate surface area is 167 Å². The van der Waals surface area contributed by atoms with E-state index in [1.165, 1.54) is 24.9 Å². The molecular weight excluding hydrogens is 447 g/mol. The van der Waals surface area contributed by atoms with E-state index in [-0.39, 0.29) is 30.4 Å². The van der Waals surface area contributed by atoms with Crippen LogP contribution in [0.15, 0.2) is 51.8 Å². The van der Waals surface area contributed by atoms with Gasteiger partial charge in [0.05, 0.1) is 23.6 Å². The van der Waals surface area contributed by atoms with E-state index < -0.39 is 17.6 Å². The monoisotopic (exact) mass is 463 g/mol. The van der Waals surface area contributed by atoms with E-state index in [2.05, 4.69) is 21.2 Å². The van der Waals surface area contributed by atoms with Gasteiger partial charge in [0.2, 0.25) is 5.91 Å². The van der Waals surface area contributed by atoms with Crippen molar-refractivity contribution in [2.24, 2.45) is 0 Å². The molecule has 4 nitrogen and oxygen atoms in total. The first kappa shape index (κ1) is 21.6. The van der Waals surface area contributed by atoms with Gasteiger partial charge < -0.3 is 14.8 Å². The fraction of sp³-hybridized carbons (Fsp3) is 0.278. The van der Waals surface area contributed by atoms with Gasteiger partial charge in [-0.2, -0.15) is 13.2 Å². The van der Waals surface area contributed by atoms with Crippen molar-refractivity contribution in [1.82, 2.24) is 0 Å². The van der Waals surface area contributed by atoms with E-state index in [1.807, 2.05) is 24.3 Å². The lowest BCUT2D eigenvalue weighted by Crippen LogP contribution is -2.16. The second-order valence-electron chi connectivity index (χ2n) is 5.34. The second kappa shape index (κ2) is 10.0. The van der Waals surface area contributed by atoms with E-state index in [9.17, 15) is 18.0 Å².